The smallest absolute Gasteiger partial charge is 0.489 e. The number of ether oxygens (including phenoxy) is 1. The van der Waals surface area contributed by atoms with Gasteiger partial charge in [0.25, 0.3) is 0 Å². The van der Waals surface area contributed by atoms with Gasteiger partial charge in [0.1, 0.15) is 12.4 Å². The summed E-state index contributed by atoms with van der Waals surface area (Å²) in [6.45, 7) is 10.8. The predicted octanol–water partition coefficient (Wildman–Crippen LogP) is 3.87. The fourth-order valence-electron chi connectivity index (χ4n) is 2.62. The number of benzene rings is 2. The van der Waals surface area contributed by atoms with Crippen molar-refractivity contribution in [2.75, 3.05) is 0 Å². The van der Waals surface area contributed by atoms with Crippen LogP contribution in [0.3, 0.4) is 0 Å². The normalized spacial score (nSPS) is 18.6. The molecule has 1 heterocycles. The van der Waals surface area contributed by atoms with Crippen LogP contribution < -0.4 is 10.2 Å². The Morgan fingerprint density at radius 1 is 0.875 bits per heavy atom. The molecule has 0 spiro atoms. The Morgan fingerprint density at radius 3 is 2.08 bits per heavy atom. The molecule has 126 valence electrons. The van der Waals surface area contributed by atoms with E-state index in [1.165, 1.54) is 5.56 Å². The fraction of sp³-hybridized carbons (Fsp3) is 0.400. The van der Waals surface area contributed by atoms with Gasteiger partial charge >= 0.3 is 7.12 Å². The van der Waals surface area contributed by atoms with E-state index in [4.69, 9.17) is 14.0 Å². The van der Waals surface area contributed by atoms with Crippen LogP contribution in [0.2, 0.25) is 0 Å². The Hall–Kier alpha value is -1.78. The van der Waals surface area contributed by atoms with E-state index in [0.717, 1.165) is 16.8 Å². The van der Waals surface area contributed by atoms with E-state index in [1.54, 1.807) is 0 Å². The van der Waals surface area contributed by atoms with Crippen molar-refractivity contribution in [3.8, 4) is 5.75 Å². The Morgan fingerprint density at radius 2 is 1.46 bits per heavy atom. The van der Waals surface area contributed by atoms with Crippen molar-refractivity contribution in [3.05, 3.63) is 59.7 Å². The summed E-state index contributed by atoms with van der Waals surface area (Å²) in [6.07, 6.45) is 0. The summed E-state index contributed by atoms with van der Waals surface area (Å²) < 4.78 is 18.4. The zero-order valence-electron chi connectivity index (χ0n) is 15.1. The summed E-state index contributed by atoms with van der Waals surface area (Å²) in [5, 5.41) is 0. The maximum atomic E-state index is 6.16. The molecule has 0 bridgehead atoms. The summed E-state index contributed by atoms with van der Waals surface area (Å²) >= 11 is 0. The largest absolute Gasteiger partial charge is 0.498 e. The first kappa shape index (κ1) is 17.1. The number of hydrogen-bond donors (Lipinski definition) is 0. The van der Waals surface area contributed by atoms with Gasteiger partial charge in [-0.2, -0.15) is 0 Å². The monoisotopic (exact) mass is 324 g/mol. The van der Waals surface area contributed by atoms with Crippen LogP contribution in [-0.2, 0) is 15.9 Å². The lowest BCUT2D eigenvalue weighted by Gasteiger charge is -2.32. The number of rotatable bonds is 4. The highest BCUT2D eigenvalue weighted by atomic mass is 16.7. The molecule has 2 aromatic carbocycles. The van der Waals surface area contributed by atoms with E-state index in [0.29, 0.717) is 6.61 Å². The second-order valence-corrected chi connectivity index (χ2v) is 7.40. The highest BCUT2D eigenvalue weighted by Crippen LogP contribution is 2.37. The molecular weight excluding hydrogens is 299 g/mol. The lowest BCUT2D eigenvalue weighted by molar-refractivity contribution is 0.00578. The van der Waals surface area contributed by atoms with Gasteiger partial charge in [0.2, 0.25) is 0 Å². The van der Waals surface area contributed by atoms with Crippen molar-refractivity contribution < 1.29 is 14.0 Å². The molecular formula is C20H25BO3. The Labute approximate surface area is 145 Å². The maximum absolute atomic E-state index is 6.16. The minimum atomic E-state index is -0.413. The second-order valence-electron chi connectivity index (χ2n) is 7.40. The molecule has 1 aliphatic heterocycles. The van der Waals surface area contributed by atoms with Gasteiger partial charge in [-0.1, -0.05) is 48.0 Å². The summed E-state index contributed by atoms with van der Waals surface area (Å²) in [5.41, 5.74) is 2.60. The van der Waals surface area contributed by atoms with Crippen molar-refractivity contribution >= 4 is 12.6 Å². The molecule has 2 aromatic rings. The first-order valence-electron chi connectivity index (χ1n) is 8.41. The standard InChI is InChI=1S/C20H25BO3/c1-15-10-12-16(13-11-15)14-22-18-9-7-6-8-17(18)21-23-19(2,3)20(4,5)24-21/h6-13H,14H2,1-5H3. The summed E-state index contributed by atoms with van der Waals surface area (Å²) in [6, 6.07) is 16.3. The SMILES string of the molecule is Cc1ccc(COc2ccccc2B2OC(C)(C)C(C)(C)O2)cc1. The molecule has 3 nitrogen and oxygen atoms in total. The third-order valence-corrected chi connectivity index (χ3v) is 4.94. The highest BCUT2D eigenvalue weighted by Gasteiger charge is 2.52. The molecule has 1 aliphatic rings. The van der Waals surface area contributed by atoms with Gasteiger partial charge in [-0.3, -0.25) is 0 Å². The average molecular weight is 324 g/mol. The van der Waals surface area contributed by atoms with E-state index < -0.39 is 7.12 Å². The van der Waals surface area contributed by atoms with E-state index in [1.807, 2.05) is 24.3 Å². The van der Waals surface area contributed by atoms with Crippen molar-refractivity contribution in [2.24, 2.45) is 0 Å². The molecule has 0 unspecified atom stereocenters. The van der Waals surface area contributed by atoms with Crippen LogP contribution in [0.1, 0.15) is 38.8 Å². The zero-order chi connectivity index (χ0) is 17.4. The molecule has 4 heteroatoms. The molecule has 0 saturated carbocycles. The van der Waals surface area contributed by atoms with Crippen LogP contribution >= 0.6 is 0 Å². The molecule has 0 atom stereocenters. The Balaban J connectivity index is 1.78. The number of aryl methyl sites for hydroxylation is 1. The minimum Gasteiger partial charge on any atom is -0.489 e. The molecule has 0 radical (unpaired) electrons. The summed E-state index contributed by atoms with van der Waals surface area (Å²) in [5.74, 6) is 0.802. The van der Waals surface area contributed by atoms with Crippen LogP contribution in [0.5, 0.6) is 5.75 Å². The van der Waals surface area contributed by atoms with Crippen molar-refractivity contribution in [1.29, 1.82) is 0 Å². The zero-order valence-corrected chi connectivity index (χ0v) is 15.1. The van der Waals surface area contributed by atoms with Gasteiger partial charge < -0.3 is 14.0 Å². The van der Waals surface area contributed by atoms with Gasteiger partial charge in [-0.15, -0.1) is 0 Å². The minimum absolute atomic E-state index is 0.359. The van der Waals surface area contributed by atoms with Gasteiger partial charge in [0.05, 0.1) is 11.2 Å². The van der Waals surface area contributed by atoms with Crippen LogP contribution in [0.15, 0.2) is 48.5 Å². The molecule has 3 rings (SSSR count). The lowest BCUT2D eigenvalue weighted by Crippen LogP contribution is -2.41. The van der Waals surface area contributed by atoms with E-state index in [2.05, 4.69) is 58.9 Å². The van der Waals surface area contributed by atoms with Gasteiger partial charge in [0, 0.05) is 5.46 Å². The number of hydrogen-bond acceptors (Lipinski definition) is 3. The first-order chi connectivity index (χ1) is 11.3. The van der Waals surface area contributed by atoms with Crippen molar-refractivity contribution in [3.63, 3.8) is 0 Å². The Bertz CT molecular complexity index is 691. The van der Waals surface area contributed by atoms with Crippen LogP contribution in [-0.4, -0.2) is 18.3 Å². The average Bonchev–Trinajstić information content (AvgIpc) is 2.75. The molecule has 0 N–H and O–H groups in total. The Kier molecular flexibility index (Phi) is 4.45. The predicted molar refractivity (Wildman–Crippen MR) is 97.7 cm³/mol. The van der Waals surface area contributed by atoms with E-state index in [9.17, 15) is 0 Å². The van der Waals surface area contributed by atoms with E-state index >= 15 is 0 Å². The van der Waals surface area contributed by atoms with Gasteiger partial charge in [-0.25, -0.2) is 0 Å². The quantitative estimate of drug-likeness (QED) is 0.799. The van der Waals surface area contributed by atoms with Gasteiger partial charge in [-0.05, 0) is 46.2 Å². The molecule has 0 aliphatic carbocycles. The second kappa shape index (κ2) is 6.27. The molecule has 0 amide bonds. The van der Waals surface area contributed by atoms with E-state index in [-0.39, 0.29) is 11.2 Å². The van der Waals surface area contributed by atoms with Crippen LogP contribution in [0, 0.1) is 6.92 Å². The highest BCUT2D eigenvalue weighted by molar-refractivity contribution is 6.63. The van der Waals surface area contributed by atoms with Crippen molar-refractivity contribution in [2.45, 2.75) is 52.4 Å². The number of para-hydroxylation sites is 1. The van der Waals surface area contributed by atoms with Gasteiger partial charge in [0.15, 0.2) is 0 Å². The van der Waals surface area contributed by atoms with Crippen LogP contribution in [0.4, 0.5) is 0 Å². The lowest BCUT2D eigenvalue weighted by atomic mass is 9.78. The topological polar surface area (TPSA) is 27.7 Å². The summed E-state index contributed by atoms with van der Waals surface area (Å²) in [7, 11) is -0.413. The molecule has 0 aromatic heterocycles. The molecule has 1 fully saturated rings. The van der Waals surface area contributed by atoms with Crippen molar-refractivity contribution in [1.82, 2.24) is 0 Å². The molecule has 24 heavy (non-hydrogen) atoms. The first-order valence-corrected chi connectivity index (χ1v) is 8.41. The molecule has 1 saturated heterocycles. The third-order valence-electron chi connectivity index (χ3n) is 4.94. The third kappa shape index (κ3) is 3.35. The summed E-state index contributed by atoms with van der Waals surface area (Å²) in [4.78, 5) is 0. The fourth-order valence-corrected chi connectivity index (χ4v) is 2.62. The maximum Gasteiger partial charge on any atom is 0.498 e. The van der Waals surface area contributed by atoms with Crippen LogP contribution in [0.25, 0.3) is 0 Å².